The van der Waals surface area contributed by atoms with Gasteiger partial charge in [-0.05, 0) is 38.0 Å². The van der Waals surface area contributed by atoms with Gasteiger partial charge in [-0.3, -0.25) is 0 Å². The number of unbranched alkanes of at least 4 members (excludes halogenated alkanes) is 4. The SMILES string of the molecule is CCCCCCCC(C)Nc1cc(Cl)c(C)cc1Cl. The van der Waals surface area contributed by atoms with Crippen LogP contribution in [-0.4, -0.2) is 6.04 Å². The highest BCUT2D eigenvalue weighted by Crippen LogP contribution is 2.29. The van der Waals surface area contributed by atoms with Gasteiger partial charge in [0, 0.05) is 11.1 Å². The van der Waals surface area contributed by atoms with E-state index in [9.17, 15) is 0 Å². The number of halogens is 2. The van der Waals surface area contributed by atoms with Crippen molar-refractivity contribution in [3.63, 3.8) is 0 Å². The molecule has 0 spiro atoms. The molecule has 0 radical (unpaired) electrons. The van der Waals surface area contributed by atoms with Gasteiger partial charge in [-0.1, -0.05) is 62.2 Å². The van der Waals surface area contributed by atoms with E-state index in [0.717, 1.165) is 21.3 Å². The van der Waals surface area contributed by atoms with Crippen molar-refractivity contribution in [1.29, 1.82) is 0 Å². The van der Waals surface area contributed by atoms with Crippen LogP contribution in [0.3, 0.4) is 0 Å². The summed E-state index contributed by atoms with van der Waals surface area (Å²) in [4.78, 5) is 0. The average molecular weight is 302 g/mol. The van der Waals surface area contributed by atoms with Gasteiger partial charge in [0.1, 0.15) is 0 Å². The summed E-state index contributed by atoms with van der Waals surface area (Å²) in [5.74, 6) is 0. The molecule has 0 heterocycles. The van der Waals surface area contributed by atoms with Crippen LogP contribution in [0.4, 0.5) is 5.69 Å². The summed E-state index contributed by atoms with van der Waals surface area (Å²) >= 11 is 12.4. The second-order valence-electron chi connectivity index (χ2n) is 5.33. The lowest BCUT2D eigenvalue weighted by Crippen LogP contribution is -2.15. The Morgan fingerprint density at radius 3 is 2.42 bits per heavy atom. The molecule has 1 nitrogen and oxygen atoms in total. The molecule has 1 aromatic carbocycles. The molecule has 1 rings (SSSR count). The summed E-state index contributed by atoms with van der Waals surface area (Å²) in [6.07, 6.45) is 7.76. The van der Waals surface area contributed by atoms with Gasteiger partial charge < -0.3 is 5.32 Å². The third-order valence-electron chi connectivity index (χ3n) is 3.39. The van der Waals surface area contributed by atoms with Crippen LogP contribution in [0.1, 0.15) is 57.9 Å². The largest absolute Gasteiger partial charge is 0.381 e. The van der Waals surface area contributed by atoms with Crippen molar-refractivity contribution in [3.8, 4) is 0 Å². The number of hydrogen-bond donors (Lipinski definition) is 1. The van der Waals surface area contributed by atoms with E-state index in [-0.39, 0.29) is 0 Å². The molecule has 0 saturated carbocycles. The lowest BCUT2D eigenvalue weighted by atomic mass is 10.1. The minimum absolute atomic E-state index is 0.429. The highest BCUT2D eigenvalue weighted by Gasteiger charge is 2.08. The van der Waals surface area contributed by atoms with Gasteiger partial charge in [0.2, 0.25) is 0 Å². The molecule has 0 bridgehead atoms. The number of hydrogen-bond acceptors (Lipinski definition) is 1. The van der Waals surface area contributed by atoms with Crippen molar-refractivity contribution < 1.29 is 0 Å². The zero-order valence-corrected chi connectivity index (χ0v) is 13.7. The van der Waals surface area contributed by atoms with E-state index < -0.39 is 0 Å². The first kappa shape index (κ1) is 16.7. The van der Waals surface area contributed by atoms with E-state index >= 15 is 0 Å². The molecule has 1 N–H and O–H groups in total. The third-order valence-corrected chi connectivity index (χ3v) is 4.11. The van der Waals surface area contributed by atoms with E-state index in [1.54, 1.807) is 0 Å². The fourth-order valence-corrected chi connectivity index (χ4v) is 2.59. The molecule has 0 amide bonds. The number of anilines is 1. The Balaban J connectivity index is 2.40. The van der Waals surface area contributed by atoms with Crippen LogP contribution in [0.25, 0.3) is 0 Å². The van der Waals surface area contributed by atoms with E-state index in [1.165, 1.54) is 38.5 Å². The second kappa shape index (κ2) is 8.71. The molecule has 0 saturated heterocycles. The van der Waals surface area contributed by atoms with Crippen molar-refractivity contribution in [1.82, 2.24) is 0 Å². The van der Waals surface area contributed by atoms with Crippen LogP contribution in [0.15, 0.2) is 12.1 Å². The predicted octanol–water partition coefficient (Wildman–Crippen LogP) is 6.46. The molecular formula is C16H25Cl2N. The maximum Gasteiger partial charge on any atom is 0.0641 e. The molecule has 0 aliphatic heterocycles. The summed E-state index contributed by atoms with van der Waals surface area (Å²) in [7, 11) is 0. The molecule has 3 heteroatoms. The molecule has 0 aromatic heterocycles. The molecule has 0 aliphatic rings. The number of aryl methyl sites for hydroxylation is 1. The summed E-state index contributed by atoms with van der Waals surface area (Å²) in [5.41, 5.74) is 1.96. The zero-order valence-electron chi connectivity index (χ0n) is 12.2. The fourth-order valence-electron chi connectivity index (χ4n) is 2.15. The van der Waals surface area contributed by atoms with Gasteiger partial charge in [0.25, 0.3) is 0 Å². The number of benzene rings is 1. The molecule has 1 atom stereocenters. The Labute approximate surface area is 127 Å². The van der Waals surface area contributed by atoms with Crippen LogP contribution in [0, 0.1) is 6.92 Å². The monoisotopic (exact) mass is 301 g/mol. The maximum atomic E-state index is 6.23. The van der Waals surface area contributed by atoms with Gasteiger partial charge in [-0.15, -0.1) is 0 Å². The van der Waals surface area contributed by atoms with Crippen LogP contribution >= 0.6 is 23.2 Å². The molecule has 19 heavy (non-hydrogen) atoms. The first-order chi connectivity index (χ1) is 9.04. The Bertz CT molecular complexity index is 391. The third kappa shape index (κ3) is 6.05. The quantitative estimate of drug-likeness (QED) is 0.543. The minimum Gasteiger partial charge on any atom is -0.381 e. The normalized spacial score (nSPS) is 12.5. The summed E-state index contributed by atoms with van der Waals surface area (Å²) < 4.78 is 0. The Hall–Kier alpha value is -0.400. The first-order valence-corrected chi connectivity index (χ1v) is 8.02. The standard InChI is InChI=1S/C16H25Cl2N/c1-4-5-6-7-8-9-13(3)19-16-11-14(17)12(2)10-15(16)18/h10-11,13,19H,4-9H2,1-3H3. The molecule has 0 aliphatic carbocycles. The van der Waals surface area contributed by atoms with Crippen LogP contribution in [0.2, 0.25) is 10.0 Å². The van der Waals surface area contributed by atoms with Crippen molar-refractivity contribution in [2.75, 3.05) is 5.32 Å². The fraction of sp³-hybridized carbons (Fsp3) is 0.625. The Morgan fingerprint density at radius 2 is 1.74 bits per heavy atom. The topological polar surface area (TPSA) is 12.0 Å². The van der Waals surface area contributed by atoms with Gasteiger partial charge in [-0.2, -0.15) is 0 Å². The van der Waals surface area contributed by atoms with Crippen molar-refractivity contribution in [2.45, 2.75) is 65.3 Å². The summed E-state index contributed by atoms with van der Waals surface area (Å²) in [6.45, 7) is 6.41. The minimum atomic E-state index is 0.429. The van der Waals surface area contributed by atoms with Crippen molar-refractivity contribution in [2.24, 2.45) is 0 Å². The average Bonchev–Trinajstić information content (AvgIpc) is 2.35. The van der Waals surface area contributed by atoms with Gasteiger partial charge in [0.15, 0.2) is 0 Å². The maximum absolute atomic E-state index is 6.23. The van der Waals surface area contributed by atoms with E-state index in [0.29, 0.717) is 6.04 Å². The zero-order chi connectivity index (χ0) is 14.3. The van der Waals surface area contributed by atoms with E-state index in [1.807, 2.05) is 19.1 Å². The van der Waals surface area contributed by atoms with Crippen LogP contribution in [-0.2, 0) is 0 Å². The Kier molecular flexibility index (Phi) is 7.63. The van der Waals surface area contributed by atoms with E-state index in [4.69, 9.17) is 23.2 Å². The van der Waals surface area contributed by atoms with Gasteiger partial charge in [-0.25, -0.2) is 0 Å². The molecule has 1 unspecified atom stereocenters. The van der Waals surface area contributed by atoms with Crippen molar-refractivity contribution >= 4 is 28.9 Å². The van der Waals surface area contributed by atoms with E-state index in [2.05, 4.69) is 19.2 Å². The Morgan fingerprint density at radius 1 is 1.05 bits per heavy atom. The lowest BCUT2D eigenvalue weighted by Gasteiger charge is -2.17. The molecule has 108 valence electrons. The smallest absolute Gasteiger partial charge is 0.0641 e. The van der Waals surface area contributed by atoms with Gasteiger partial charge in [0.05, 0.1) is 10.7 Å². The highest BCUT2D eigenvalue weighted by molar-refractivity contribution is 6.35. The lowest BCUT2D eigenvalue weighted by molar-refractivity contribution is 0.578. The summed E-state index contributed by atoms with van der Waals surface area (Å²) in [6, 6.07) is 4.27. The highest BCUT2D eigenvalue weighted by atomic mass is 35.5. The second-order valence-corrected chi connectivity index (χ2v) is 6.14. The van der Waals surface area contributed by atoms with Crippen LogP contribution in [0.5, 0.6) is 0 Å². The first-order valence-electron chi connectivity index (χ1n) is 7.26. The number of nitrogens with one attached hydrogen (secondary N) is 1. The molecular weight excluding hydrogens is 277 g/mol. The molecule has 0 fully saturated rings. The van der Waals surface area contributed by atoms with Crippen LogP contribution < -0.4 is 5.32 Å². The number of rotatable bonds is 8. The van der Waals surface area contributed by atoms with Crippen molar-refractivity contribution in [3.05, 3.63) is 27.7 Å². The van der Waals surface area contributed by atoms with Gasteiger partial charge >= 0.3 is 0 Å². The predicted molar refractivity (Wildman–Crippen MR) is 87.7 cm³/mol. The summed E-state index contributed by atoms with van der Waals surface area (Å²) in [5, 5.41) is 4.97. The molecule has 1 aromatic rings.